The van der Waals surface area contributed by atoms with Gasteiger partial charge in [0.15, 0.2) is 0 Å². The molecule has 1 aliphatic rings. The number of rotatable bonds is 5. The molecule has 0 aliphatic heterocycles. The molecule has 0 radical (unpaired) electrons. The Balaban J connectivity index is 2.46. The molecule has 1 N–H and O–H groups in total. The molecule has 0 bridgehead atoms. The van der Waals surface area contributed by atoms with Gasteiger partial charge in [-0.1, -0.05) is 19.3 Å². The summed E-state index contributed by atoms with van der Waals surface area (Å²) in [5.41, 5.74) is 0.00508. The van der Waals surface area contributed by atoms with E-state index >= 15 is 0 Å². The molecule has 0 saturated heterocycles. The third-order valence-electron chi connectivity index (χ3n) is 3.85. The maximum Gasteiger partial charge on any atom is 0.0637 e. The second kappa shape index (κ2) is 5.86. The van der Waals surface area contributed by atoms with Crippen molar-refractivity contribution in [2.24, 2.45) is 5.92 Å². The minimum Gasteiger partial charge on any atom is -0.379 e. The zero-order chi connectivity index (χ0) is 11.3. The van der Waals surface area contributed by atoms with Crippen LogP contribution >= 0.6 is 0 Å². The number of nitrogens with one attached hydrogen (secondary N) is 1. The Morgan fingerprint density at radius 1 is 1.27 bits per heavy atom. The number of ether oxygens (including phenoxy) is 1. The molecule has 2 heteroatoms. The second-order valence-electron chi connectivity index (χ2n) is 5.46. The second-order valence-corrected chi connectivity index (χ2v) is 5.46. The molecule has 90 valence electrons. The summed E-state index contributed by atoms with van der Waals surface area (Å²) in [5.74, 6) is 0.859. The van der Waals surface area contributed by atoms with E-state index in [1.165, 1.54) is 32.1 Å². The van der Waals surface area contributed by atoms with Gasteiger partial charge in [0, 0.05) is 13.2 Å². The molecule has 1 unspecified atom stereocenters. The van der Waals surface area contributed by atoms with Crippen molar-refractivity contribution in [3.05, 3.63) is 0 Å². The first-order chi connectivity index (χ1) is 7.09. The fraction of sp³-hybridized carbons (Fsp3) is 1.00. The average Bonchev–Trinajstić information content (AvgIpc) is 2.27. The van der Waals surface area contributed by atoms with Gasteiger partial charge in [-0.05, 0) is 46.1 Å². The van der Waals surface area contributed by atoms with Gasteiger partial charge in [0.25, 0.3) is 0 Å². The van der Waals surface area contributed by atoms with Gasteiger partial charge in [-0.15, -0.1) is 0 Å². The lowest BCUT2D eigenvalue weighted by molar-refractivity contribution is 0.000279. The van der Waals surface area contributed by atoms with Crippen molar-refractivity contribution in [2.75, 3.05) is 14.2 Å². The molecule has 0 amide bonds. The van der Waals surface area contributed by atoms with Crippen molar-refractivity contribution in [3.63, 3.8) is 0 Å². The minimum absolute atomic E-state index is 0.00508. The summed E-state index contributed by atoms with van der Waals surface area (Å²) >= 11 is 0. The standard InChI is InChI=1S/C13H27NO/c1-13(2,15-4)10-12(14-3)11-8-6-5-7-9-11/h11-12,14H,5-10H2,1-4H3. The van der Waals surface area contributed by atoms with Crippen LogP contribution in [0.25, 0.3) is 0 Å². The highest BCUT2D eigenvalue weighted by Crippen LogP contribution is 2.30. The van der Waals surface area contributed by atoms with Crippen molar-refractivity contribution >= 4 is 0 Å². The molecule has 0 heterocycles. The van der Waals surface area contributed by atoms with Crippen LogP contribution in [0.15, 0.2) is 0 Å². The highest BCUT2D eigenvalue weighted by Gasteiger charge is 2.28. The Bertz CT molecular complexity index is 173. The highest BCUT2D eigenvalue weighted by atomic mass is 16.5. The van der Waals surface area contributed by atoms with Gasteiger partial charge in [0.1, 0.15) is 0 Å². The summed E-state index contributed by atoms with van der Waals surface area (Å²) in [6.45, 7) is 4.36. The fourth-order valence-electron chi connectivity index (χ4n) is 2.65. The van der Waals surface area contributed by atoms with Crippen LogP contribution in [0.1, 0.15) is 52.4 Å². The number of hydrogen-bond acceptors (Lipinski definition) is 2. The van der Waals surface area contributed by atoms with E-state index in [0.717, 1.165) is 12.3 Å². The first-order valence-corrected chi connectivity index (χ1v) is 6.31. The van der Waals surface area contributed by atoms with Gasteiger partial charge in [-0.3, -0.25) is 0 Å². The van der Waals surface area contributed by atoms with E-state index < -0.39 is 0 Å². The molecular weight excluding hydrogens is 186 g/mol. The summed E-state index contributed by atoms with van der Waals surface area (Å²) in [5, 5.41) is 3.48. The van der Waals surface area contributed by atoms with Gasteiger partial charge >= 0.3 is 0 Å². The molecular formula is C13H27NO. The van der Waals surface area contributed by atoms with Gasteiger partial charge in [0.05, 0.1) is 5.60 Å². The van der Waals surface area contributed by atoms with Gasteiger partial charge in [-0.2, -0.15) is 0 Å². The average molecular weight is 213 g/mol. The maximum absolute atomic E-state index is 5.52. The van der Waals surface area contributed by atoms with Crippen LogP contribution in [0, 0.1) is 5.92 Å². The molecule has 15 heavy (non-hydrogen) atoms. The van der Waals surface area contributed by atoms with E-state index in [1.54, 1.807) is 0 Å². The van der Waals surface area contributed by atoms with E-state index in [2.05, 4.69) is 26.2 Å². The smallest absolute Gasteiger partial charge is 0.0637 e. The molecule has 0 aromatic heterocycles. The summed E-state index contributed by atoms with van der Waals surface area (Å²) in [6.07, 6.45) is 8.16. The quantitative estimate of drug-likeness (QED) is 0.758. The van der Waals surface area contributed by atoms with Crippen LogP contribution in [-0.2, 0) is 4.74 Å². The number of methoxy groups -OCH3 is 1. The molecule has 0 aromatic rings. The van der Waals surface area contributed by atoms with E-state index in [4.69, 9.17) is 4.74 Å². The Kier molecular flexibility index (Phi) is 5.07. The Morgan fingerprint density at radius 3 is 2.33 bits per heavy atom. The van der Waals surface area contributed by atoms with Gasteiger partial charge in [0.2, 0.25) is 0 Å². The van der Waals surface area contributed by atoms with Crippen LogP contribution in [0.3, 0.4) is 0 Å². The lowest BCUT2D eigenvalue weighted by Gasteiger charge is -2.35. The van der Waals surface area contributed by atoms with Crippen molar-refractivity contribution in [1.82, 2.24) is 5.32 Å². The lowest BCUT2D eigenvalue weighted by atomic mass is 9.80. The van der Waals surface area contributed by atoms with Crippen molar-refractivity contribution in [3.8, 4) is 0 Å². The van der Waals surface area contributed by atoms with E-state index in [-0.39, 0.29) is 5.60 Å². The summed E-state index contributed by atoms with van der Waals surface area (Å²) in [7, 11) is 3.90. The Hall–Kier alpha value is -0.0800. The molecule has 1 fully saturated rings. The monoisotopic (exact) mass is 213 g/mol. The molecule has 0 spiro atoms. The zero-order valence-corrected chi connectivity index (χ0v) is 10.8. The molecule has 1 saturated carbocycles. The molecule has 2 nitrogen and oxygen atoms in total. The normalized spacial score (nSPS) is 21.6. The first kappa shape index (κ1) is 13.0. The summed E-state index contributed by atoms with van der Waals surface area (Å²) in [6, 6.07) is 0.625. The third kappa shape index (κ3) is 4.12. The Labute approximate surface area is 94.8 Å². The highest BCUT2D eigenvalue weighted by molar-refractivity contribution is 4.84. The molecule has 0 aromatic carbocycles. The topological polar surface area (TPSA) is 21.3 Å². The summed E-state index contributed by atoms with van der Waals surface area (Å²) < 4.78 is 5.52. The van der Waals surface area contributed by atoms with Crippen LogP contribution in [0.4, 0.5) is 0 Å². The van der Waals surface area contributed by atoms with Crippen molar-refractivity contribution in [1.29, 1.82) is 0 Å². The number of hydrogen-bond donors (Lipinski definition) is 1. The SMILES string of the molecule is CNC(CC(C)(C)OC)C1CCCCC1. The molecule has 1 aliphatic carbocycles. The van der Waals surface area contributed by atoms with Crippen LogP contribution < -0.4 is 5.32 Å². The van der Waals surface area contributed by atoms with Crippen molar-refractivity contribution in [2.45, 2.75) is 64.0 Å². The summed E-state index contributed by atoms with van der Waals surface area (Å²) in [4.78, 5) is 0. The lowest BCUT2D eigenvalue weighted by Crippen LogP contribution is -2.41. The van der Waals surface area contributed by atoms with Crippen LogP contribution in [-0.4, -0.2) is 25.8 Å². The van der Waals surface area contributed by atoms with E-state index in [1.807, 2.05) is 7.11 Å². The Morgan fingerprint density at radius 2 is 1.87 bits per heavy atom. The predicted octanol–water partition coefficient (Wildman–Crippen LogP) is 2.97. The largest absolute Gasteiger partial charge is 0.379 e. The van der Waals surface area contributed by atoms with E-state index in [0.29, 0.717) is 6.04 Å². The first-order valence-electron chi connectivity index (χ1n) is 6.31. The maximum atomic E-state index is 5.52. The molecule has 1 atom stereocenters. The predicted molar refractivity (Wildman–Crippen MR) is 65.1 cm³/mol. The minimum atomic E-state index is 0.00508. The van der Waals surface area contributed by atoms with Crippen LogP contribution in [0.5, 0.6) is 0 Å². The van der Waals surface area contributed by atoms with Gasteiger partial charge in [-0.25, -0.2) is 0 Å². The fourth-order valence-corrected chi connectivity index (χ4v) is 2.65. The van der Waals surface area contributed by atoms with Crippen LogP contribution in [0.2, 0.25) is 0 Å². The van der Waals surface area contributed by atoms with Gasteiger partial charge < -0.3 is 10.1 Å². The third-order valence-corrected chi connectivity index (χ3v) is 3.85. The molecule has 1 rings (SSSR count). The zero-order valence-electron chi connectivity index (χ0n) is 10.8. The van der Waals surface area contributed by atoms with E-state index in [9.17, 15) is 0 Å². The van der Waals surface area contributed by atoms with Crippen molar-refractivity contribution < 1.29 is 4.74 Å².